The lowest BCUT2D eigenvalue weighted by molar-refractivity contribution is 0.233. The molecule has 0 bridgehead atoms. The van der Waals surface area contributed by atoms with Gasteiger partial charge < -0.3 is 10.6 Å². The Morgan fingerprint density at radius 3 is 2.33 bits per heavy atom. The van der Waals surface area contributed by atoms with E-state index in [1.807, 2.05) is 13.8 Å². The third-order valence-electron chi connectivity index (χ3n) is 1.21. The van der Waals surface area contributed by atoms with Crippen LogP contribution in [0.25, 0.3) is 0 Å². The minimum atomic E-state index is -0.584. The Morgan fingerprint density at radius 1 is 1.50 bits per heavy atom. The molecule has 12 heavy (non-hydrogen) atoms. The summed E-state index contributed by atoms with van der Waals surface area (Å²) in [5.74, 6) is 2.47. The first-order valence-electron chi connectivity index (χ1n) is 3.94. The molecule has 0 aliphatic heterocycles. The number of carbonyl (C=O) groups is 1. The molecule has 0 heterocycles. The lowest BCUT2D eigenvalue weighted by Gasteiger charge is -2.20. The molecule has 0 saturated heterocycles. The van der Waals surface area contributed by atoms with Crippen LogP contribution in [0.15, 0.2) is 0 Å². The highest BCUT2D eigenvalue weighted by Gasteiger charge is 2.16. The van der Waals surface area contributed by atoms with Gasteiger partial charge in [-0.15, -0.1) is 6.42 Å². The van der Waals surface area contributed by atoms with Gasteiger partial charge in [0.15, 0.2) is 0 Å². The quantitative estimate of drug-likeness (QED) is 0.596. The molecule has 0 aliphatic rings. The van der Waals surface area contributed by atoms with Crippen molar-refractivity contribution in [3.63, 3.8) is 0 Å². The fraction of sp³-hybridized carbons (Fsp3) is 0.667. The van der Waals surface area contributed by atoms with Gasteiger partial charge in [0.05, 0.1) is 5.54 Å². The van der Waals surface area contributed by atoms with Crippen molar-refractivity contribution in [1.29, 1.82) is 0 Å². The molecule has 0 unspecified atom stereocenters. The molecule has 0 saturated carbocycles. The molecule has 2 N–H and O–H groups in total. The molecule has 0 aliphatic carbocycles. The number of urea groups is 1. The lowest BCUT2D eigenvalue weighted by atomic mass is 10.1. The molecule has 2 amide bonds. The van der Waals surface area contributed by atoms with Crippen LogP contribution in [0.1, 0.15) is 27.7 Å². The minimum absolute atomic E-state index is 0.124. The Hall–Kier alpha value is -1.17. The van der Waals surface area contributed by atoms with E-state index in [9.17, 15) is 4.79 Å². The summed E-state index contributed by atoms with van der Waals surface area (Å²) in [6.45, 7) is 7.32. The number of amides is 2. The molecule has 0 spiro atoms. The van der Waals surface area contributed by atoms with Crippen LogP contribution in [-0.4, -0.2) is 17.6 Å². The van der Waals surface area contributed by atoms with E-state index in [0.717, 1.165) is 0 Å². The van der Waals surface area contributed by atoms with E-state index in [-0.39, 0.29) is 12.1 Å². The summed E-state index contributed by atoms with van der Waals surface area (Å²) >= 11 is 0. The molecular formula is C9H16N2O. The monoisotopic (exact) mass is 168 g/mol. The molecule has 3 heteroatoms. The van der Waals surface area contributed by atoms with E-state index < -0.39 is 5.54 Å². The molecule has 0 aromatic rings. The second-order valence-electron chi connectivity index (χ2n) is 3.52. The number of hydrogen-bond acceptors (Lipinski definition) is 1. The zero-order valence-electron chi connectivity index (χ0n) is 8.06. The van der Waals surface area contributed by atoms with E-state index >= 15 is 0 Å². The van der Waals surface area contributed by atoms with Crippen LogP contribution in [0.3, 0.4) is 0 Å². The Morgan fingerprint density at radius 2 is 2.00 bits per heavy atom. The van der Waals surface area contributed by atoms with Gasteiger partial charge in [-0.2, -0.15) is 0 Å². The van der Waals surface area contributed by atoms with Crippen molar-refractivity contribution in [3.8, 4) is 12.3 Å². The number of rotatable bonds is 2. The summed E-state index contributed by atoms with van der Waals surface area (Å²) in [5.41, 5.74) is -0.584. The van der Waals surface area contributed by atoms with Gasteiger partial charge in [0.2, 0.25) is 0 Å². The van der Waals surface area contributed by atoms with Gasteiger partial charge in [-0.1, -0.05) is 5.92 Å². The number of hydrogen-bond donors (Lipinski definition) is 2. The van der Waals surface area contributed by atoms with Crippen LogP contribution in [0.2, 0.25) is 0 Å². The largest absolute Gasteiger partial charge is 0.336 e. The summed E-state index contributed by atoms with van der Waals surface area (Å²) in [4.78, 5) is 11.1. The third kappa shape index (κ3) is 4.62. The van der Waals surface area contributed by atoms with E-state index in [1.165, 1.54) is 0 Å². The van der Waals surface area contributed by atoms with Crippen LogP contribution < -0.4 is 10.6 Å². The van der Waals surface area contributed by atoms with E-state index in [4.69, 9.17) is 6.42 Å². The lowest BCUT2D eigenvalue weighted by Crippen LogP contribution is -2.49. The standard InChI is InChI=1S/C9H16N2O/c1-6-9(4,5)11-8(12)10-7(2)3/h1,7H,2-5H3,(H2,10,11,12). The summed E-state index contributed by atoms with van der Waals surface area (Å²) in [6.07, 6.45) is 5.19. The Bertz CT molecular complexity index is 201. The minimum Gasteiger partial charge on any atom is -0.336 e. The van der Waals surface area contributed by atoms with Crippen LogP contribution >= 0.6 is 0 Å². The smallest absolute Gasteiger partial charge is 0.316 e. The number of nitrogens with one attached hydrogen (secondary N) is 2. The van der Waals surface area contributed by atoms with Crippen molar-refractivity contribution in [3.05, 3.63) is 0 Å². The Balaban J connectivity index is 3.95. The molecular weight excluding hydrogens is 152 g/mol. The van der Waals surface area contributed by atoms with E-state index in [0.29, 0.717) is 0 Å². The van der Waals surface area contributed by atoms with Crippen molar-refractivity contribution >= 4 is 6.03 Å². The SMILES string of the molecule is C#CC(C)(C)NC(=O)NC(C)C. The van der Waals surface area contributed by atoms with Crippen molar-refractivity contribution in [2.24, 2.45) is 0 Å². The highest BCUT2D eigenvalue weighted by Crippen LogP contribution is 1.97. The normalized spacial score (nSPS) is 10.7. The van der Waals surface area contributed by atoms with Crippen LogP contribution in [0.4, 0.5) is 4.79 Å². The third-order valence-corrected chi connectivity index (χ3v) is 1.21. The van der Waals surface area contributed by atoms with Gasteiger partial charge in [0, 0.05) is 6.04 Å². The molecule has 68 valence electrons. The van der Waals surface area contributed by atoms with Crippen molar-refractivity contribution in [2.45, 2.75) is 39.3 Å². The van der Waals surface area contributed by atoms with Gasteiger partial charge >= 0.3 is 6.03 Å². The predicted octanol–water partition coefficient (Wildman–Crippen LogP) is 1.11. The summed E-state index contributed by atoms with van der Waals surface area (Å²) in [7, 11) is 0. The Kier molecular flexibility index (Phi) is 3.62. The molecule has 0 fully saturated rings. The first kappa shape index (κ1) is 10.8. The van der Waals surface area contributed by atoms with Crippen molar-refractivity contribution < 1.29 is 4.79 Å². The van der Waals surface area contributed by atoms with Gasteiger partial charge in [-0.25, -0.2) is 4.79 Å². The maximum absolute atomic E-state index is 11.1. The van der Waals surface area contributed by atoms with Crippen molar-refractivity contribution in [1.82, 2.24) is 10.6 Å². The first-order chi connectivity index (χ1) is 5.37. The summed E-state index contributed by atoms with van der Waals surface area (Å²) in [5, 5.41) is 5.34. The maximum Gasteiger partial charge on any atom is 0.316 e. The number of terminal acetylenes is 1. The summed E-state index contributed by atoms with van der Waals surface area (Å²) < 4.78 is 0. The second kappa shape index (κ2) is 4.01. The van der Waals surface area contributed by atoms with Gasteiger partial charge in [0.25, 0.3) is 0 Å². The van der Waals surface area contributed by atoms with E-state index in [2.05, 4.69) is 16.6 Å². The van der Waals surface area contributed by atoms with Crippen molar-refractivity contribution in [2.75, 3.05) is 0 Å². The fourth-order valence-electron chi connectivity index (χ4n) is 0.618. The van der Waals surface area contributed by atoms with Gasteiger partial charge in [0.1, 0.15) is 0 Å². The predicted molar refractivity (Wildman–Crippen MR) is 49.7 cm³/mol. The highest BCUT2D eigenvalue weighted by molar-refractivity contribution is 5.75. The maximum atomic E-state index is 11.1. The molecule has 0 rings (SSSR count). The molecule has 0 atom stereocenters. The molecule has 0 radical (unpaired) electrons. The summed E-state index contributed by atoms with van der Waals surface area (Å²) in [6, 6.07) is -0.105. The second-order valence-corrected chi connectivity index (χ2v) is 3.52. The van der Waals surface area contributed by atoms with Crippen LogP contribution in [0.5, 0.6) is 0 Å². The zero-order chi connectivity index (χ0) is 9.78. The van der Waals surface area contributed by atoms with Crippen LogP contribution in [0, 0.1) is 12.3 Å². The number of carbonyl (C=O) groups excluding carboxylic acids is 1. The average Bonchev–Trinajstić information content (AvgIpc) is 1.84. The van der Waals surface area contributed by atoms with Gasteiger partial charge in [-0.3, -0.25) is 0 Å². The highest BCUT2D eigenvalue weighted by atomic mass is 16.2. The van der Waals surface area contributed by atoms with E-state index in [1.54, 1.807) is 13.8 Å². The molecule has 0 aromatic carbocycles. The molecule has 0 aromatic heterocycles. The Labute approximate surface area is 73.9 Å². The zero-order valence-corrected chi connectivity index (χ0v) is 8.06. The van der Waals surface area contributed by atoms with Gasteiger partial charge in [-0.05, 0) is 27.7 Å². The van der Waals surface area contributed by atoms with Crippen LogP contribution in [-0.2, 0) is 0 Å². The first-order valence-corrected chi connectivity index (χ1v) is 3.94. The topological polar surface area (TPSA) is 41.1 Å². The average molecular weight is 168 g/mol. The fourth-order valence-corrected chi connectivity index (χ4v) is 0.618. The molecule has 3 nitrogen and oxygen atoms in total.